The maximum atomic E-state index is 12.4. The number of carboxylic acids is 2. The standard InChI is InChI=1S/C27H31N7O2.2C2HF3O2/c1-34(2)11-3-9-29-25(35)13-17-4-7-24-19(12-17)14-20(16-36-24)26-31-22-6-5-18(15-23(22)32-26)21-8-10-30-27(28)33-21;2*3-2(4,5)1(6)7/h4-8,10,12,15,20H,3,9,11,13-14,16H2,1-2H3,(H,29,35)(H,31,32)(H2,28,30,33);2*(H,6,7). The van der Waals surface area contributed by atoms with E-state index in [4.69, 9.17) is 35.3 Å². The molecule has 13 nitrogen and oxygen atoms in total. The van der Waals surface area contributed by atoms with E-state index in [1.165, 1.54) is 0 Å². The molecule has 0 saturated heterocycles. The van der Waals surface area contributed by atoms with Crippen LogP contribution in [-0.2, 0) is 27.2 Å². The molecule has 6 N–H and O–H groups in total. The Balaban J connectivity index is 0.000000408. The molecule has 0 saturated carbocycles. The van der Waals surface area contributed by atoms with E-state index >= 15 is 0 Å². The van der Waals surface area contributed by atoms with Crippen molar-refractivity contribution in [1.82, 2.24) is 30.2 Å². The molecule has 19 heteroatoms. The Morgan fingerprint density at radius 3 is 2.26 bits per heavy atom. The summed E-state index contributed by atoms with van der Waals surface area (Å²) in [4.78, 5) is 48.8. The van der Waals surface area contributed by atoms with Gasteiger partial charge in [-0.15, -0.1) is 0 Å². The van der Waals surface area contributed by atoms with Crippen LogP contribution in [0.25, 0.3) is 22.3 Å². The maximum Gasteiger partial charge on any atom is 0.490 e. The van der Waals surface area contributed by atoms with Gasteiger partial charge in [-0.25, -0.2) is 24.5 Å². The topological polar surface area (TPSA) is 197 Å². The number of ether oxygens (including phenoxy) is 1. The first-order chi connectivity index (χ1) is 23.3. The van der Waals surface area contributed by atoms with Crippen LogP contribution in [0.1, 0.15) is 29.3 Å². The average molecular weight is 714 g/mol. The minimum absolute atomic E-state index is 0.0421. The molecule has 50 heavy (non-hydrogen) atoms. The monoisotopic (exact) mass is 713 g/mol. The number of amides is 1. The molecule has 1 atom stereocenters. The van der Waals surface area contributed by atoms with Crippen molar-refractivity contribution in [2.75, 3.05) is 39.5 Å². The van der Waals surface area contributed by atoms with Crippen molar-refractivity contribution in [2.45, 2.75) is 37.5 Å². The minimum Gasteiger partial charge on any atom is -0.493 e. The van der Waals surface area contributed by atoms with E-state index in [0.717, 1.165) is 64.4 Å². The van der Waals surface area contributed by atoms with Crippen molar-refractivity contribution in [3.8, 4) is 17.0 Å². The number of aromatic amines is 1. The summed E-state index contributed by atoms with van der Waals surface area (Å²) in [6, 6.07) is 13.9. The van der Waals surface area contributed by atoms with Crippen LogP contribution in [0.15, 0.2) is 48.7 Å². The van der Waals surface area contributed by atoms with Crippen LogP contribution in [-0.4, -0.2) is 99.0 Å². The van der Waals surface area contributed by atoms with Gasteiger partial charge in [-0.1, -0.05) is 18.2 Å². The third kappa shape index (κ3) is 11.9. The van der Waals surface area contributed by atoms with Crippen LogP contribution >= 0.6 is 0 Å². The van der Waals surface area contributed by atoms with Gasteiger partial charge >= 0.3 is 24.3 Å². The zero-order valence-electron chi connectivity index (χ0n) is 26.6. The van der Waals surface area contributed by atoms with Gasteiger partial charge in [0.15, 0.2) is 0 Å². The summed E-state index contributed by atoms with van der Waals surface area (Å²) in [6.07, 6.45) is -6.42. The molecule has 3 heterocycles. The Hall–Kier alpha value is -5.46. The van der Waals surface area contributed by atoms with Crippen molar-refractivity contribution in [2.24, 2.45) is 0 Å². The average Bonchev–Trinajstić information content (AvgIpc) is 3.46. The molecule has 2 aromatic heterocycles. The number of nitrogens with one attached hydrogen (secondary N) is 2. The largest absolute Gasteiger partial charge is 0.493 e. The first-order valence-corrected chi connectivity index (χ1v) is 14.7. The van der Waals surface area contributed by atoms with Crippen molar-refractivity contribution in [3.63, 3.8) is 0 Å². The summed E-state index contributed by atoms with van der Waals surface area (Å²) < 4.78 is 69.5. The molecular weight excluding hydrogens is 680 g/mol. The number of anilines is 1. The lowest BCUT2D eigenvalue weighted by atomic mass is 9.94. The van der Waals surface area contributed by atoms with Gasteiger partial charge in [0.05, 0.1) is 35.7 Å². The summed E-state index contributed by atoms with van der Waals surface area (Å²) in [5.41, 5.74) is 11.4. The molecule has 2 aromatic carbocycles. The number of nitrogen functional groups attached to an aromatic ring is 1. The number of nitrogens with two attached hydrogens (primary N) is 1. The molecule has 0 bridgehead atoms. The number of carboxylic acid groups (broad SMARTS) is 2. The second-order valence-corrected chi connectivity index (χ2v) is 11.1. The predicted molar refractivity (Wildman–Crippen MR) is 167 cm³/mol. The number of rotatable bonds is 8. The summed E-state index contributed by atoms with van der Waals surface area (Å²) >= 11 is 0. The van der Waals surface area contributed by atoms with Gasteiger partial charge in [0, 0.05) is 18.3 Å². The summed E-state index contributed by atoms with van der Waals surface area (Å²) in [5, 5.41) is 17.3. The molecule has 1 aliphatic rings. The Labute approximate surface area is 280 Å². The van der Waals surface area contributed by atoms with Crippen LogP contribution in [0, 0.1) is 0 Å². The number of benzene rings is 2. The molecule has 0 radical (unpaired) electrons. The zero-order valence-corrected chi connectivity index (χ0v) is 26.6. The van der Waals surface area contributed by atoms with Gasteiger partial charge in [0.2, 0.25) is 11.9 Å². The van der Waals surface area contributed by atoms with E-state index in [2.05, 4.69) is 31.2 Å². The molecular formula is C31H33F6N7O6. The Morgan fingerprint density at radius 1 is 1.00 bits per heavy atom. The van der Waals surface area contributed by atoms with Crippen molar-refractivity contribution >= 4 is 34.8 Å². The van der Waals surface area contributed by atoms with Crippen molar-refractivity contribution in [1.29, 1.82) is 0 Å². The normalized spacial score (nSPS) is 14.0. The number of aliphatic carboxylic acids is 2. The lowest BCUT2D eigenvalue weighted by molar-refractivity contribution is -0.193. The predicted octanol–water partition coefficient (Wildman–Crippen LogP) is 4.20. The molecule has 1 aliphatic heterocycles. The first kappa shape index (κ1) is 39.0. The molecule has 1 unspecified atom stereocenters. The number of H-pyrrole nitrogens is 1. The van der Waals surface area contributed by atoms with E-state index < -0.39 is 24.3 Å². The highest BCUT2D eigenvalue weighted by Gasteiger charge is 2.39. The van der Waals surface area contributed by atoms with Crippen LogP contribution < -0.4 is 15.8 Å². The Bertz CT molecular complexity index is 1770. The number of alkyl halides is 6. The molecule has 0 fully saturated rings. The SMILES string of the molecule is CN(C)CCCNC(=O)Cc1ccc2c(c1)CC(c1nc3ccc(-c4ccnc(N)n4)cc3[nH]1)CO2.O=C(O)C(F)(F)F.O=C(O)C(F)(F)F. The fraction of sp³-hybridized carbons (Fsp3) is 0.355. The van der Waals surface area contributed by atoms with E-state index in [9.17, 15) is 31.1 Å². The molecule has 0 spiro atoms. The highest BCUT2D eigenvalue weighted by atomic mass is 19.4. The number of fused-ring (bicyclic) bond motifs is 2. The fourth-order valence-corrected chi connectivity index (χ4v) is 4.52. The molecule has 5 rings (SSSR count). The number of halogens is 6. The van der Waals surface area contributed by atoms with Gasteiger partial charge in [-0.2, -0.15) is 26.3 Å². The summed E-state index contributed by atoms with van der Waals surface area (Å²) in [5.74, 6) is -3.36. The van der Waals surface area contributed by atoms with Gasteiger partial charge in [0.25, 0.3) is 0 Å². The number of carbonyl (C=O) groups excluding carboxylic acids is 1. The highest BCUT2D eigenvalue weighted by molar-refractivity contribution is 5.81. The Morgan fingerprint density at radius 2 is 1.66 bits per heavy atom. The van der Waals surface area contributed by atoms with Crippen LogP contribution in [0.2, 0.25) is 0 Å². The number of hydrogen-bond acceptors (Lipinski definition) is 9. The van der Waals surface area contributed by atoms with Gasteiger partial charge in [0.1, 0.15) is 11.6 Å². The van der Waals surface area contributed by atoms with Gasteiger partial charge < -0.3 is 35.9 Å². The van der Waals surface area contributed by atoms with Crippen LogP contribution in [0.4, 0.5) is 32.3 Å². The lowest BCUT2D eigenvalue weighted by Crippen LogP contribution is -2.28. The zero-order chi connectivity index (χ0) is 37.2. The van der Waals surface area contributed by atoms with E-state index in [1.807, 2.05) is 50.5 Å². The van der Waals surface area contributed by atoms with Crippen LogP contribution in [0.3, 0.4) is 0 Å². The van der Waals surface area contributed by atoms with Crippen molar-refractivity contribution < 1.29 is 55.7 Å². The highest BCUT2D eigenvalue weighted by Crippen LogP contribution is 2.33. The second-order valence-electron chi connectivity index (χ2n) is 11.1. The third-order valence-electron chi connectivity index (χ3n) is 6.84. The third-order valence-corrected chi connectivity index (χ3v) is 6.84. The van der Waals surface area contributed by atoms with Gasteiger partial charge in [-0.05, 0) is 68.9 Å². The summed E-state index contributed by atoms with van der Waals surface area (Å²) in [6.45, 7) is 2.19. The molecule has 1 amide bonds. The Kier molecular flexibility index (Phi) is 13.1. The number of nitrogens with zero attached hydrogens (tertiary/aromatic N) is 4. The summed E-state index contributed by atoms with van der Waals surface area (Å²) in [7, 11) is 4.06. The van der Waals surface area contributed by atoms with Crippen LogP contribution in [0.5, 0.6) is 5.75 Å². The van der Waals surface area contributed by atoms with E-state index in [1.54, 1.807) is 6.20 Å². The number of hydrogen-bond donors (Lipinski definition) is 5. The number of imidazole rings is 1. The minimum atomic E-state index is -5.08. The fourth-order valence-electron chi connectivity index (χ4n) is 4.52. The maximum absolute atomic E-state index is 12.4. The molecule has 4 aromatic rings. The first-order valence-electron chi connectivity index (χ1n) is 14.7. The smallest absolute Gasteiger partial charge is 0.490 e. The number of aromatic nitrogens is 4. The quantitative estimate of drug-likeness (QED) is 0.130. The van der Waals surface area contributed by atoms with Gasteiger partial charge in [-0.3, -0.25) is 4.79 Å². The molecule has 0 aliphatic carbocycles. The van der Waals surface area contributed by atoms with E-state index in [0.29, 0.717) is 19.6 Å². The van der Waals surface area contributed by atoms with E-state index in [-0.39, 0.29) is 17.8 Å². The van der Waals surface area contributed by atoms with Crippen molar-refractivity contribution in [3.05, 3.63) is 65.6 Å². The number of carbonyl (C=O) groups is 3. The lowest BCUT2D eigenvalue weighted by Gasteiger charge is -2.24. The molecule has 270 valence electrons. The second kappa shape index (κ2) is 16.8.